The van der Waals surface area contributed by atoms with Gasteiger partial charge in [-0.15, -0.1) is 0 Å². The summed E-state index contributed by atoms with van der Waals surface area (Å²) in [7, 11) is -1.56. The van der Waals surface area contributed by atoms with Crippen LogP contribution in [0, 0.1) is 11.7 Å². The zero-order chi connectivity index (χ0) is 37.3. The first kappa shape index (κ1) is 35.7. The minimum Gasteiger partial charge on any atom is -0.467 e. The summed E-state index contributed by atoms with van der Waals surface area (Å²) in [4.78, 5) is 48.1. The molecule has 13 nitrogen and oxygen atoms in total. The van der Waals surface area contributed by atoms with Crippen molar-refractivity contribution in [2.75, 3.05) is 31.3 Å². The topological polar surface area (TPSA) is 174 Å². The lowest BCUT2D eigenvalue weighted by Gasteiger charge is -2.26. The predicted molar refractivity (Wildman–Crippen MR) is 192 cm³/mol. The van der Waals surface area contributed by atoms with E-state index < -0.39 is 46.2 Å². The molecule has 0 saturated carbocycles. The highest BCUT2D eigenvalue weighted by Gasteiger charge is 2.31. The molecule has 15 heteroatoms. The SMILES string of the molecule is CNC(=O)c1c(-c2ccc(F)cc2)oc2cc(N(CC(=O)N[C@H](C(=O)OC)C(C)C)S(C)(=O)=O)c(-c3cccc(-c4nc5ncccc5o4)c3)cc12. The standard InChI is InChI=1S/C37H34FN5O8S/c1-20(2)32(37(46)49-4)41-30(44)19-43(52(5,47)48)27-18-29-26(31(35(45)39-3)33(50-29)21-11-13-24(38)14-12-21)17-25(27)22-8-6-9-23(16-22)36-42-34-28(51-36)10-7-15-40-34/h6-18,20,32H,19H2,1-5H3,(H,39,45)(H,41,44)/t32-/m0/s1. The maximum Gasteiger partial charge on any atom is 0.328 e. The van der Waals surface area contributed by atoms with E-state index in [4.69, 9.17) is 13.6 Å². The summed E-state index contributed by atoms with van der Waals surface area (Å²) in [5.41, 5.74) is 2.83. The normalized spacial score (nSPS) is 12.2. The summed E-state index contributed by atoms with van der Waals surface area (Å²) < 4.78 is 58.9. The van der Waals surface area contributed by atoms with Crippen molar-refractivity contribution >= 4 is 55.7 Å². The van der Waals surface area contributed by atoms with Gasteiger partial charge in [0.25, 0.3) is 5.91 Å². The third-order valence-corrected chi connectivity index (χ3v) is 9.47. The number of halogens is 1. The fourth-order valence-electron chi connectivity index (χ4n) is 5.79. The minimum atomic E-state index is -4.20. The number of nitrogens with zero attached hydrogens (tertiary/aromatic N) is 3. The molecule has 2 amide bonds. The number of pyridine rings is 1. The van der Waals surface area contributed by atoms with Crippen LogP contribution in [-0.4, -0.2) is 69.2 Å². The van der Waals surface area contributed by atoms with Gasteiger partial charge in [-0.05, 0) is 66.1 Å². The van der Waals surface area contributed by atoms with Crippen LogP contribution in [0.2, 0.25) is 0 Å². The van der Waals surface area contributed by atoms with Crippen molar-refractivity contribution < 1.29 is 40.8 Å². The Kier molecular flexibility index (Phi) is 9.80. The number of hydrogen-bond donors (Lipinski definition) is 2. The van der Waals surface area contributed by atoms with Gasteiger partial charge in [-0.3, -0.25) is 13.9 Å². The zero-order valence-electron chi connectivity index (χ0n) is 28.8. The van der Waals surface area contributed by atoms with Crippen molar-refractivity contribution in [1.82, 2.24) is 20.6 Å². The molecule has 6 rings (SSSR count). The number of anilines is 1. The van der Waals surface area contributed by atoms with E-state index in [9.17, 15) is 27.2 Å². The fourth-order valence-corrected chi connectivity index (χ4v) is 6.65. The molecular formula is C37H34FN5O8S. The summed E-state index contributed by atoms with van der Waals surface area (Å²) in [6.45, 7) is 2.70. The van der Waals surface area contributed by atoms with E-state index in [1.165, 1.54) is 44.5 Å². The average molecular weight is 728 g/mol. The Morgan fingerprint density at radius 3 is 2.33 bits per heavy atom. The molecule has 0 aliphatic rings. The van der Waals surface area contributed by atoms with Crippen LogP contribution in [0.1, 0.15) is 24.2 Å². The number of nitrogens with one attached hydrogen (secondary N) is 2. The molecule has 1 atom stereocenters. The number of aromatic nitrogens is 2. The molecule has 0 spiro atoms. The molecule has 3 aromatic carbocycles. The summed E-state index contributed by atoms with van der Waals surface area (Å²) in [5.74, 6) is -2.45. The molecule has 0 bridgehead atoms. The molecule has 268 valence electrons. The molecule has 3 heterocycles. The van der Waals surface area contributed by atoms with Crippen molar-refractivity contribution in [2.45, 2.75) is 19.9 Å². The summed E-state index contributed by atoms with van der Waals surface area (Å²) >= 11 is 0. The van der Waals surface area contributed by atoms with Gasteiger partial charge in [-0.2, -0.15) is 4.98 Å². The lowest BCUT2D eigenvalue weighted by molar-refractivity contribution is -0.146. The third-order valence-electron chi connectivity index (χ3n) is 8.35. The Bertz CT molecular complexity index is 2410. The van der Waals surface area contributed by atoms with E-state index in [0.717, 1.165) is 10.6 Å². The number of fused-ring (bicyclic) bond motifs is 2. The molecule has 0 fully saturated rings. The number of esters is 1. The van der Waals surface area contributed by atoms with Crippen molar-refractivity contribution in [2.24, 2.45) is 5.92 Å². The Balaban J connectivity index is 1.58. The number of hydrogen-bond acceptors (Lipinski definition) is 10. The molecule has 52 heavy (non-hydrogen) atoms. The second-order valence-corrected chi connectivity index (χ2v) is 14.2. The molecule has 0 saturated heterocycles. The van der Waals surface area contributed by atoms with Crippen LogP contribution in [0.5, 0.6) is 0 Å². The summed E-state index contributed by atoms with van der Waals surface area (Å²) in [5, 5.41) is 5.52. The highest BCUT2D eigenvalue weighted by Crippen LogP contribution is 2.42. The highest BCUT2D eigenvalue weighted by molar-refractivity contribution is 7.92. The number of carbonyl (C=O) groups is 3. The fraction of sp³-hybridized carbons (Fsp3) is 0.216. The number of benzene rings is 3. The third kappa shape index (κ3) is 7.07. The van der Waals surface area contributed by atoms with Gasteiger partial charge in [0, 0.05) is 41.4 Å². The lowest BCUT2D eigenvalue weighted by atomic mass is 9.97. The summed E-state index contributed by atoms with van der Waals surface area (Å²) in [6, 6.07) is 17.7. The molecule has 0 radical (unpaired) electrons. The highest BCUT2D eigenvalue weighted by atomic mass is 32.2. The maximum absolute atomic E-state index is 13.9. The van der Waals surface area contributed by atoms with Crippen LogP contribution < -0.4 is 14.9 Å². The van der Waals surface area contributed by atoms with Crippen LogP contribution in [0.25, 0.3) is 56.1 Å². The smallest absolute Gasteiger partial charge is 0.328 e. The van der Waals surface area contributed by atoms with Gasteiger partial charge in [-0.25, -0.2) is 22.6 Å². The van der Waals surface area contributed by atoms with Crippen LogP contribution in [-0.2, 0) is 24.3 Å². The molecule has 2 N–H and O–H groups in total. The van der Waals surface area contributed by atoms with Gasteiger partial charge in [0.05, 0.1) is 24.6 Å². The molecule has 0 aliphatic carbocycles. The van der Waals surface area contributed by atoms with Gasteiger partial charge in [0.2, 0.25) is 21.8 Å². The van der Waals surface area contributed by atoms with E-state index >= 15 is 0 Å². The number of amides is 2. The van der Waals surface area contributed by atoms with E-state index in [1.807, 2.05) is 0 Å². The Hall–Kier alpha value is -6.09. The van der Waals surface area contributed by atoms with Crippen molar-refractivity contribution in [3.63, 3.8) is 0 Å². The van der Waals surface area contributed by atoms with Crippen molar-refractivity contribution in [3.8, 4) is 33.9 Å². The Labute approximate surface area is 297 Å². The number of methoxy groups -OCH3 is 1. The van der Waals surface area contributed by atoms with Crippen LogP contribution in [0.15, 0.2) is 87.8 Å². The Morgan fingerprint density at radius 1 is 0.942 bits per heavy atom. The number of carbonyl (C=O) groups excluding carboxylic acids is 3. The first-order valence-corrected chi connectivity index (χ1v) is 17.9. The molecular weight excluding hydrogens is 693 g/mol. The van der Waals surface area contributed by atoms with Crippen molar-refractivity contribution in [1.29, 1.82) is 0 Å². The first-order chi connectivity index (χ1) is 24.8. The number of sulfonamides is 1. The van der Waals surface area contributed by atoms with Crippen LogP contribution >= 0.6 is 0 Å². The quantitative estimate of drug-likeness (QED) is 0.161. The van der Waals surface area contributed by atoms with Crippen molar-refractivity contribution in [3.05, 3.63) is 90.4 Å². The summed E-state index contributed by atoms with van der Waals surface area (Å²) in [6.07, 6.45) is 2.53. The number of rotatable bonds is 11. The number of furan rings is 1. The molecule has 0 aliphatic heterocycles. The second-order valence-electron chi connectivity index (χ2n) is 12.3. The Morgan fingerprint density at radius 2 is 1.67 bits per heavy atom. The van der Waals surface area contributed by atoms with Gasteiger partial charge in [0.15, 0.2) is 11.2 Å². The monoisotopic (exact) mass is 727 g/mol. The van der Waals surface area contributed by atoms with Gasteiger partial charge < -0.3 is 24.2 Å². The van der Waals surface area contributed by atoms with E-state index in [1.54, 1.807) is 62.5 Å². The average Bonchev–Trinajstić information content (AvgIpc) is 3.73. The van der Waals surface area contributed by atoms with E-state index in [-0.39, 0.29) is 34.4 Å². The second kappa shape index (κ2) is 14.3. The molecule has 3 aromatic heterocycles. The number of ether oxygens (including phenoxy) is 1. The predicted octanol–water partition coefficient (Wildman–Crippen LogP) is 5.55. The van der Waals surface area contributed by atoms with Crippen LogP contribution in [0.3, 0.4) is 0 Å². The number of oxazole rings is 1. The van der Waals surface area contributed by atoms with Crippen LogP contribution in [0.4, 0.5) is 10.1 Å². The zero-order valence-corrected chi connectivity index (χ0v) is 29.6. The van der Waals surface area contributed by atoms with E-state index in [2.05, 4.69) is 20.6 Å². The van der Waals surface area contributed by atoms with Gasteiger partial charge in [0.1, 0.15) is 29.7 Å². The van der Waals surface area contributed by atoms with Gasteiger partial charge >= 0.3 is 5.97 Å². The first-order valence-electron chi connectivity index (χ1n) is 16.0. The lowest BCUT2D eigenvalue weighted by Crippen LogP contribution is -2.49. The van der Waals surface area contributed by atoms with E-state index in [0.29, 0.717) is 38.9 Å². The maximum atomic E-state index is 13.9. The molecule has 0 unspecified atom stereocenters. The largest absolute Gasteiger partial charge is 0.467 e. The van der Waals surface area contributed by atoms with Gasteiger partial charge in [-0.1, -0.05) is 26.0 Å². The molecule has 6 aromatic rings. The minimum absolute atomic E-state index is 0.0311.